The number of amides is 1. The molecule has 0 heterocycles. The van der Waals surface area contributed by atoms with Crippen LogP contribution in [0.3, 0.4) is 0 Å². The van der Waals surface area contributed by atoms with Gasteiger partial charge in [-0.05, 0) is 30.3 Å². The number of hydrogen-bond acceptors (Lipinski definition) is 2. The van der Waals surface area contributed by atoms with Crippen molar-refractivity contribution in [2.24, 2.45) is 0 Å². The summed E-state index contributed by atoms with van der Waals surface area (Å²) in [5.74, 6) is -2.42. The SMILES string of the molecule is O=C(Nc1ccc(F)cc1C(=O)O)c1ccccc1. The minimum absolute atomic E-state index is 0.0581. The highest BCUT2D eigenvalue weighted by molar-refractivity contribution is 6.07. The van der Waals surface area contributed by atoms with Gasteiger partial charge in [0.1, 0.15) is 5.82 Å². The molecule has 0 aliphatic carbocycles. The lowest BCUT2D eigenvalue weighted by Crippen LogP contribution is -2.14. The fourth-order valence-electron chi connectivity index (χ4n) is 1.59. The lowest BCUT2D eigenvalue weighted by molar-refractivity contribution is 0.0697. The number of anilines is 1. The van der Waals surface area contributed by atoms with Crippen LogP contribution in [0.5, 0.6) is 0 Å². The van der Waals surface area contributed by atoms with Gasteiger partial charge in [-0.2, -0.15) is 0 Å². The molecule has 96 valence electrons. The molecule has 1 amide bonds. The summed E-state index contributed by atoms with van der Waals surface area (Å²) in [5.41, 5.74) is 0.162. The van der Waals surface area contributed by atoms with E-state index in [-0.39, 0.29) is 11.3 Å². The molecular formula is C14H10FNO3. The zero-order chi connectivity index (χ0) is 13.8. The Kier molecular flexibility index (Phi) is 3.56. The van der Waals surface area contributed by atoms with Crippen molar-refractivity contribution in [3.63, 3.8) is 0 Å². The van der Waals surface area contributed by atoms with Crippen LogP contribution < -0.4 is 5.32 Å². The predicted molar refractivity (Wildman–Crippen MR) is 67.8 cm³/mol. The summed E-state index contributed by atoms with van der Waals surface area (Å²) < 4.78 is 13.0. The number of benzene rings is 2. The van der Waals surface area contributed by atoms with Gasteiger partial charge in [0, 0.05) is 5.56 Å². The molecule has 0 bridgehead atoms. The maximum absolute atomic E-state index is 13.0. The van der Waals surface area contributed by atoms with Crippen LogP contribution in [0.2, 0.25) is 0 Å². The standard InChI is InChI=1S/C14H10FNO3/c15-10-6-7-12(11(8-10)14(18)19)16-13(17)9-4-2-1-3-5-9/h1-8H,(H,16,17)(H,18,19). The Bertz CT molecular complexity index is 626. The molecular weight excluding hydrogens is 249 g/mol. The number of carbonyl (C=O) groups excluding carboxylic acids is 1. The van der Waals surface area contributed by atoms with Crippen LogP contribution in [0.25, 0.3) is 0 Å². The van der Waals surface area contributed by atoms with Gasteiger partial charge in [-0.25, -0.2) is 9.18 Å². The molecule has 0 fully saturated rings. The van der Waals surface area contributed by atoms with E-state index in [2.05, 4.69) is 5.32 Å². The summed E-state index contributed by atoms with van der Waals surface area (Å²) in [6, 6.07) is 11.5. The summed E-state index contributed by atoms with van der Waals surface area (Å²) in [5, 5.41) is 11.4. The van der Waals surface area contributed by atoms with Crippen LogP contribution in [0.15, 0.2) is 48.5 Å². The molecule has 2 aromatic rings. The highest BCUT2D eigenvalue weighted by Gasteiger charge is 2.14. The Labute approximate surface area is 108 Å². The van der Waals surface area contributed by atoms with Crippen LogP contribution in [0.1, 0.15) is 20.7 Å². The van der Waals surface area contributed by atoms with Crippen molar-refractivity contribution >= 4 is 17.6 Å². The summed E-state index contributed by atoms with van der Waals surface area (Å²) in [6.45, 7) is 0. The molecule has 2 rings (SSSR count). The molecule has 4 nitrogen and oxygen atoms in total. The maximum Gasteiger partial charge on any atom is 0.337 e. The first-order chi connectivity index (χ1) is 9.08. The monoisotopic (exact) mass is 259 g/mol. The van der Waals surface area contributed by atoms with Crippen LogP contribution in [-0.2, 0) is 0 Å². The van der Waals surface area contributed by atoms with E-state index < -0.39 is 17.7 Å². The summed E-state index contributed by atoms with van der Waals surface area (Å²) in [4.78, 5) is 22.9. The summed E-state index contributed by atoms with van der Waals surface area (Å²) >= 11 is 0. The third-order valence-corrected chi connectivity index (χ3v) is 2.50. The molecule has 0 unspecified atom stereocenters. The molecule has 0 saturated carbocycles. The topological polar surface area (TPSA) is 66.4 Å². The van der Waals surface area contributed by atoms with Crippen molar-refractivity contribution in [2.45, 2.75) is 0 Å². The molecule has 0 spiro atoms. The normalized spacial score (nSPS) is 9.95. The zero-order valence-electron chi connectivity index (χ0n) is 9.76. The summed E-state index contributed by atoms with van der Waals surface area (Å²) in [6.07, 6.45) is 0. The van der Waals surface area contributed by atoms with Gasteiger partial charge >= 0.3 is 5.97 Å². The first-order valence-electron chi connectivity index (χ1n) is 5.47. The first kappa shape index (κ1) is 12.8. The minimum atomic E-state index is -1.30. The van der Waals surface area contributed by atoms with E-state index in [1.807, 2.05) is 0 Å². The second-order valence-electron chi connectivity index (χ2n) is 3.82. The van der Waals surface area contributed by atoms with E-state index in [4.69, 9.17) is 5.11 Å². The largest absolute Gasteiger partial charge is 0.478 e. The third kappa shape index (κ3) is 2.95. The van der Waals surface area contributed by atoms with Crippen molar-refractivity contribution in [3.05, 3.63) is 65.5 Å². The Morgan fingerprint density at radius 1 is 1.05 bits per heavy atom. The summed E-state index contributed by atoms with van der Waals surface area (Å²) in [7, 11) is 0. The highest BCUT2D eigenvalue weighted by atomic mass is 19.1. The van der Waals surface area contributed by atoms with Gasteiger partial charge in [0.15, 0.2) is 0 Å². The van der Waals surface area contributed by atoms with E-state index >= 15 is 0 Å². The quantitative estimate of drug-likeness (QED) is 0.890. The molecule has 0 aromatic heterocycles. The Morgan fingerprint density at radius 3 is 2.37 bits per heavy atom. The number of halogens is 1. The molecule has 0 radical (unpaired) electrons. The molecule has 2 N–H and O–H groups in total. The van der Waals surface area contributed by atoms with Crippen molar-refractivity contribution in [3.8, 4) is 0 Å². The average Bonchev–Trinajstić information content (AvgIpc) is 2.41. The van der Waals surface area contributed by atoms with Crippen LogP contribution in [-0.4, -0.2) is 17.0 Å². The van der Waals surface area contributed by atoms with Crippen molar-refractivity contribution in [1.29, 1.82) is 0 Å². The lowest BCUT2D eigenvalue weighted by Gasteiger charge is -2.08. The molecule has 19 heavy (non-hydrogen) atoms. The van der Waals surface area contributed by atoms with Gasteiger partial charge in [-0.1, -0.05) is 18.2 Å². The van der Waals surface area contributed by atoms with Gasteiger partial charge in [-0.15, -0.1) is 0 Å². The van der Waals surface area contributed by atoms with E-state index in [0.717, 1.165) is 12.1 Å². The lowest BCUT2D eigenvalue weighted by atomic mass is 10.1. The van der Waals surface area contributed by atoms with Crippen molar-refractivity contribution in [1.82, 2.24) is 0 Å². The third-order valence-electron chi connectivity index (χ3n) is 2.50. The molecule has 2 aromatic carbocycles. The Morgan fingerprint density at radius 2 is 1.74 bits per heavy atom. The molecule has 5 heteroatoms. The van der Waals surface area contributed by atoms with E-state index in [1.165, 1.54) is 6.07 Å². The highest BCUT2D eigenvalue weighted by Crippen LogP contribution is 2.18. The fourth-order valence-corrected chi connectivity index (χ4v) is 1.59. The van der Waals surface area contributed by atoms with Crippen molar-refractivity contribution in [2.75, 3.05) is 5.32 Å². The number of carbonyl (C=O) groups is 2. The number of rotatable bonds is 3. The average molecular weight is 259 g/mol. The molecule has 0 saturated heterocycles. The smallest absolute Gasteiger partial charge is 0.337 e. The van der Waals surface area contributed by atoms with E-state index in [0.29, 0.717) is 5.56 Å². The number of nitrogens with one attached hydrogen (secondary N) is 1. The number of carboxylic acids is 1. The second kappa shape index (κ2) is 5.30. The van der Waals surface area contributed by atoms with Gasteiger partial charge < -0.3 is 10.4 Å². The minimum Gasteiger partial charge on any atom is -0.478 e. The van der Waals surface area contributed by atoms with Gasteiger partial charge in [0.2, 0.25) is 0 Å². The van der Waals surface area contributed by atoms with E-state index in [1.54, 1.807) is 30.3 Å². The zero-order valence-corrected chi connectivity index (χ0v) is 9.76. The van der Waals surface area contributed by atoms with Gasteiger partial charge in [-0.3, -0.25) is 4.79 Å². The second-order valence-corrected chi connectivity index (χ2v) is 3.82. The number of aromatic carboxylic acids is 1. The first-order valence-corrected chi connectivity index (χ1v) is 5.47. The predicted octanol–water partition coefficient (Wildman–Crippen LogP) is 2.78. The van der Waals surface area contributed by atoms with Gasteiger partial charge in [0.05, 0.1) is 11.3 Å². The van der Waals surface area contributed by atoms with Crippen LogP contribution in [0.4, 0.5) is 10.1 Å². The number of carboxylic acid groups (broad SMARTS) is 1. The van der Waals surface area contributed by atoms with Gasteiger partial charge in [0.25, 0.3) is 5.91 Å². The molecule has 0 atom stereocenters. The fraction of sp³-hybridized carbons (Fsp3) is 0. The number of hydrogen-bond donors (Lipinski definition) is 2. The van der Waals surface area contributed by atoms with E-state index in [9.17, 15) is 14.0 Å². The molecule has 0 aliphatic heterocycles. The van der Waals surface area contributed by atoms with Crippen LogP contribution in [0, 0.1) is 5.82 Å². The Hall–Kier alpha value is -2.69. The van der Waals surface area contributed by atoms with Crippen LogP contribution >= 0.6 is 0 Å². The van der Waals surface area contributed by atoms with Crippen molar-refractivity contribution < 1.29 is 19.1 Å². The maximum atomic E-state index is 13.0. The Balaban J connectivity index is 2.29. The molecule has 0 aliphatic rings.